The van der Waals surface area contributed by atoms with Crippen molar-refractivity contribution < 1.29 is 13.2 Å². The van der Waals surface area contributed by atoms with Crippen LogP contribution in [0.2, 0.25) is 0 Å². The predicted molar refractivity (Wildman–Crippen MR) is 101 cm³/mol. The van der Waals surface area contributed by atoms with E-state index in [0.29, 0.717) is 23.8 Å². The van der Waals surface area contributed by atoms with Crippen molar-refractivity contribution in [3.05, 3.63) is 58.6 Å². The lowest BCUT2D eigenvalue weighted by atomic mass is 10.2. The maximum atomic E-state index is 13.0. The second kappa shape index (κ2) is 7.47. The second-order valence-corrected chi connectivity index (χ2v) is 9.29. The van der Waals surface area contributed by atoms with E-state index in [1.807, 2.05) is 31.2 Å². The average Bonchev–Trinajstić information content (AvgIpc) is 3.07. The van der Waals surface area contributed by atoms with Gasteiger partial charge < -0.3 is 4.74 Å². The molecule has 24 heavy (non-hydrogen) atoms. The zero-order chi connectivity index (χ0) is 17.2. The minimum Gasteiger partial charge on any atom is -0.494 e. The molecule has 0 radical (unpaired) electrons. The molecular weight excluding hydrogens is 410 g/mol. The van der Waals surface area contributed by atoms with E-state index in [2.05, 4.69) is 15.9 Å². The van der Waals surface area contributed by atoms with Crippen molar-refractivity contribution in [1.29, 1.82) is 0 Å². The van der Waals surface area contributed by atoms with E-state index in [0.717, 1.165) is 15.8 Å². The third kappa shape index (κ3) is 3.64. The number of thioether (sulfide) groups is 1. The van der Waals surface area contributed by atoms with Crippen LogP contribution >= 0.6 is 27.7 Å². The van der Waals surface area contributed by atoms with Crippen LogP contribution in [0.5, 0.6) is 5.75 Å². The summed E-state index contributed by atoms with van der Waals surface area (Å²) >= 11 is 5.06. The monoisotopic (exact) mass is 427 g/mol. The molecule has 0 spiro atoms. The van der Waals surface area contributed by atoms with Crippen LogP contribution in [0, 0.1) is 0 Å². The summed E-state index contributed by atoms with van der Waals surface area (Å²) in [5, 5.41) is -0.185. The summed E-state index contributed by atoms with van der Waals surface area (Å²) in [6.07, 6.45) is 0. The van der Waals surface area contributed by atoms with Crippen LogP contribution in [-0.2, 0) is 10.0 Å². The quantitative estimate of drug-likeness (QED) is 0.713. The van der Waals surface area contributed by atoms with Gasteiger partial charge >= 0.3 is 0 Å². The fourth-order valence-corrected chi connectivity index (χ4v) is 6.11. The minimum atomic E-state index is -3.53. The Morgan fingerprint density at radius 2 is 1.83 bits per heavy atom. The molecule has 0 aliphatic carbocycles. The van der Waals surface area contributed by atoms with E-state index >= 15 is 0 Å². The number of ether oxygens (including phenoxy) is 1. The summed E-state index contributed by atoms with van der Waals surface area (Å²) in [5.74, 6) is 1.47. The van der Waals surface area contributed by atoms with Crippen LogP contribution in [0.15, 0.2) is 57.9 Å². The van der Waals surface area contributed by atoms with Gasteiger partial charge in [0, 0.05) is 16.8 Å². The molecule has 7 heteroatoms. The number of sulfonamides is 1. The van der Waals surface area contributed by atoms with Crippen molar-refractivity contribution in [3.63, 3.8) is 0 Å². The molecule has 128 valence electrons. The Bertz CT molecular complexity index is 792. The SMILES string of the molecule is CCOc1ccc(S(=O)(=O)N2CCSC2c2ccc(Br)cc2)cc1. The highest BCUT2D eigenvalue weighted by Gasteiger charge is 2.36. The molecule has 1 saturated heterocycles. The van der Waals surface area contributed by atoms with E-state index in [1.54, 1.807) is 40.3 Å². The molecule has 0 aromatic heterocycles. The second-order valence-electron chi connectivity index (χ2n) is 5.29. The summed E-state index contributed by atoms with van der Waals surface area (Å²) in [6, 6.07) is 14.4. The molecule has 1 atom stereocenters. The molecule has 0 N–H and O–H groups in total. The van der Waals surface area contributed by atoms with Crippen molar-refractivity contribution in [3.8, 4) is 5.75 Å². The molecule has 0 amide bonds. The van der Waals surface area contributed by atoms with Gasteiger partial charge in [-0.3, -0.25) is 0 Å². The molecule has 1 aliphatic heterocycles. The van der Waals surface area contributed by atoms with Crippen LogP contribution in [0.1, 0.15) is 17.9 Å². The Labute approximate surface area is 155 Å². The maximum absolute atomic E-state index is 13.0. The number of nitrogens with zero attached hydrogens (tertiary/aromatic N) is 1. The van der Waals surface area contributed by atoms with Gasteiger partial charge in [0.1, 0.15) is 5.75 Å². The van der Waals surface area contributed by atoms with Crippen LogP contribution < -0.4 is 4.74 Å². The standard InChI is InChI=1S/C17H18BrNO3S2/c1-2-22-15-7-9-16(10-8-15)24(20,21)19-11-12-23-17(19)13-3-5-14(18)6-4-13/h3-10,17H,2,11-12H2,1H3. The van der Waals surface area contributed by atoms with Crippen molar-refractivity contribution in [2.24, 2.45) is 0 Å². The minimum absolute atomic E-state index is 0.185. The molecule has 1 heterocycles. The van der Waals surface area contributed by atoms with E-state index in [-0.39, 0.29) is 5.37 Å². The van der Waals surface area contributed by atoms with Crippen molar-refractivity contribution in [1.82, 2.24) is 4.31 Å². The third-order valence-electron chi connectivity index (χ3n) is 3.75. The van der Waals surface area contributed by atoms with Crippen molar-refractivity contribution >= 4 is 37.7 Å². The molecule has 2 aromatic carbocycles. The first-order valence-corrected chi connectivity index (χ1v) is 10.9. The van der Waals surface area contributed by atoms with Gasteiger partial charge in [0.25, 0.3) is 0 Å². The van der Waals surface area contributed by atoms with Gasteiger partial charge in [-0.15, -0.1) is 11.8 Å². The number of halogens is 1. The van der Waals surface area contributed by atoms with Gasteiger partial charge in [0.05, 0.1) is 16.9 Å². The Hall–Kier alpha value is -1.02. The number of rotatable bonds is 5. The Morgan fingerprint density at radius 3 is 2.46 bits per heavy atom. The largest absolute Gasteiger partial charge is 0.494 e. The molecule has 2 aromatic rings. The zero-order valence-electron chi connectivity index (χ0n) is 13.2. The smallest absolute Gasteiger partial charge is 0.244 e. The molecule has 0 bridgehead atoms. The molecular formula is C17H18BrNO3S2. The molecule has 1 aliphatic rings. The van der Waals surface area contributed by atoms with Gasteiger partial charge in [0.15, 0.2) is 0 Å². The lowest BCUT2D eigenvalue weighted by Crippen LogP contribution is -2.30. The topological polar surface area (TPSA) is 46.6 Å². The van der Waals surface area contributed by atoms with Gasteiger partial charge in [-0.2, -0.15) is 4.31 Å². The van der Waals surface area contributed by atoms with Gasteiger partial charge in [-0.05, 0) is 48.9 Å². The van der Waals surface area contributed by atoms with Crippen LogP contribution in [-0.4, -0.2) is 31.6 Å². The molecule has 1 fully saturated rings. The van der Waals surface area contributed by atoms with E-state index < -0.39 is 10.0 Å². The zero-order valence-corrected chi connectivity index (χ0v) is 16.4. The Morgan fingerprint density at radius 1 is 1.17 bits per heavy atom. The lowest BCUT2D eigenvalue weighted by molar-refractivity contribution is 0.340. The highest BCUT2D eigenvalue weighted by atomic mass is 79.9. The highest BCUT2D eigenvalue weighted by molar-refractivity contribution is 9.10. The van der Waals surface area contributed by atoms with Crippen molar-refractivity contribution in [2.45, 2.75) is 17.2 Å². The lowest BCUT2D eigenvalue weighted by Gasteiger charge is -2.23. The fraction of sp³-hybridized carbons (Fsp3) is 0.294. The summed E-state index contributed by atoms with van der Waals surface area (Å²) in [5.41, 5.74) is 0.996. The molecule has 4 nitrogen and oxygen atoms in total. The fourth-order valence-electron chi connectivity index (χ4n) is 2.60. The van der Waals surface area contributed by atoms with E-state index in [4.69, 9.17) is 4.74 Å². The van der Waals surface area contributed by atoms with Crippen molar-refractivity contribution in [2.75, 3.05) is 18.9 Å². The van der Waals surface area contributed by atoms with Crippen LogP contribution in [0.3, 0.4) is 0 Å². The number of hydrogen-bond donors (Lipinski definition) is 0. The van der Waals surface area contributed by atoms with Gasteiger partial charge in [-0.1, -0.05) is 28.1 Å². The van der Waals surface area contributed by atoms with Gasteiger partial charge in [-0.25, -0.2) is 8.42 Å². The molecule has 1 unspecified atom stereocenters. The summed E-state index contributed by atoms with van der Waals surface area (Å²) < 4.78 is 34.0. The Balaban J connectivity index is 1.88. The van der Waals surface area contributed by atoms with Crippen LogP contribution in [0.25, 0.3) is 0 Å². The summed E-state index contributed by atoms with van der Waals surface area (Å²) in [7, 11) is -3.53. The molecule has 3 rings (SSSR count). The van der Waals surface area contributed by atoms with E-state index in [1.165, 1.54) is 0 Å². The van der Waals surface area contributed by atoms with E-state index in [9.17, 15) is 8.42 Å². The first-order chi connectivity index (χ1) is 11.5. The third-order valence-corrected chi connectivity index (χ3v) is 7.55. The van der Waals surface area contributed by atoms with Gasteiger partial charge in [0.2, 0.25) is 10.0 Å². The maximum Gasteiger partial charge on any atom is 0.244 e. The highest BCUT2D eigenvalue weighted by Crippen LogP contribution is 2.41. The summed E-state index contributed by atoms with van der Waals surface area (Å²) in [6.45, 7) is 2.97. The normalized spacial score (nSPS) is 18.7. The first kappa shape index (κ1) is 17.8. The summed E-state index contributed by atoms with van der Waals surface area (Å²) in [4.78, 5) is 0.301. The predicted octanol–water partition coefficient (Wildman–Crippen LogP) is 4.28. The number of hydrogen-bond acceptors (Lipinski definition) is 4. The first-order valence-electron chi connectivity index (χ1n) is 7.64. The average molecular weight is 428 g/mol. The van der Waals surface area contributed by atoms with Crippen LogP contribution in [0.4, 0.5) is 0 Å². The number of benzene rings is 2. The molecule has 0 saturated carbocycles. The Kier molecular flexibility index (Phi) is 5.54.